The first-order chi connectivity index (χ1) is 6.51. The standard InChI is InChI=1S/C8H19N3O2S/c1-10-8-2-4-11(5-3-8)6-7-14(9,12)13/h8,10H,2-7H2,1H3,(H2,9,12,13). The number of hydrogen-bond acceptors (Lipinski definition) is 4. The van der Waals surface area contributed by atoms with Crippen molar-refractivity contribution in [3.63, 3.8) is 0 Å². The highest BCUT2D eigenvalue weighted by molar-refractivity contribution is 7.89. The van der Waals surface area contributed by atoms with Crippen LogP contribution in [0.1, 0.15) is 12.8 Å². The van der Waals surface area contributed by atoms with Gasteiger partial charge in [0.25, 0.3) is 0 Å². The summed E-state index contributed by atoms with van der Waals surface area (Å²) in [6.07, 6.45) is 2.17. The van der Waals surface area contributed by atoms with Gasteiger partial charge in [0.1, 0.15) is 0 Å². The van der Waals surface area contributed by atoms with Gasteiger partial charge in [-0.1, -0.05) is 0 Å². The number of primary sulfonamides is 1. The summed E-state index contributed by atoms with van der Waals surface area (Å²) in [6, 6.07) is 0.584. The van der Waals surface area contributed by atoms with Crippen LogP contribution >= 0.6 is 0 Å². The van der Waals surface area contributed by atoms with Gasteiger partial charge in [0.15, 0.2) is 0 Å². The van der Waals surface area contributed by atoms with Gasteiger partial charge in [-0.3, -0.25) is 0 Å². The van der Waals surface area contributed by atoms with E-state index in [9.17, 15) is 8.42 Å². The predicted molar refractivity (Wildman–Crippen MR) is 56.5 cm³/mol. The van der Waals surface area contributed by atoms with Crippen molar-refractivity contribution in [1.29, 1.82) is 0 Å². The molecule has 0 aliphatic carbocycles. The van der Waals surface area contributed by atoms with Crippen LogP contribution in [0.3, 0.4) is 0 Å². The highest BCUT2D eigenvalue weighted by Gasteiger charge is 2.18. The summed E-state index contributed by atoms with van der Waals surface area (Å²) in [5.74, 6) is 0.0667. The molecule has 1 aliphatic rings. The molecule has 0 aromatic carbocycles. The van der Waals surface area contributed by atoms with Crippen LogP contribution in [0.2, 0.25) is 0 Å². The second-order valence-electron chi connectivity index (χ2n) is 3.77. The maximum absolute atomic E-state index is 10.7. The molecule has 6 heteroatoms. The van der Waals surface area contributed by atoms with E-state index in [4.69, 9.17) is 5.14 Å². The number of rotatable bonds is 4. The molecule has 1 heterocycles. The van der Waals surface area contributed by atoms with Crippen molar-refractivity contribution in [3.8, 4) is 0 Å². The zero-order valence-corrected chi connectivity index (χ0v) is 9.39. The molecule has 0 atom stereocenters. The molecule has 0 unspecified atom stereocenters. The summed E-state index contributed by atoms with van der Waals surface area (Å²) in [5, 5.41) is 8.17. The largest absolute Gasteiger partial charge is 0.317 e. The maximum Gasteiger partial charge on any atom is 0.210 e. The lowest BCUT2D eigenvalue weighted by molar-refractivity contribution is 0.211. The molecule has 1 saturated heterocycles. The first kappa shape index (κ1) is 11.9. The normalized spacial score (nSPS) is 21.3. The number of sulfonamides is 1. The molecule has 0 radical (unpaired) electrons. The number of nitrogens with one attached hydrogen (secondary N) is 1. The Morgan fingerprint density at radius 1 is 1.43 bits per heavy atom. The lowest BCUT2D eigenvalue weighted by Crippen LogP contribution is -2.43. The first-order valence-electron chi connectivity index (χ1n) is 4.91. The summed E-state index contributed by atoms with van der Waals surface area (Å²) < 4.78 is 21.5. The third-order valence-electron chi connectivity index (χ3n) is 2.69. The smallest absolute Gasteiger partial charge is 0.210 e. The van der Waals surface area contributed by atoms with Gasteiger partial charge in [-0.25, -0.2) is 13.6 Å². The van der Waals surface area contributed by atoms with E-state index >= 15 is 0 Å². The van der Waals surface area contributed by atoms with Gasteiger partial charge < -0.3 is 10.2 Å². The number of hydrogen-bond donors (Lipinski definition) is 2. The second kappa shape index (κ2) is 5.06. The predicted octanol–water partition coefficient (Wildman–Crippen LogP) is -1.04. The average molecular weight is 221 g/mol. The minimum Gasteiger partial charge on any atom is -0.317 e. The van der Waals surface area contributed by atoms with Gasteiger partial charge in [0, 0.05) is 12.6 Å². The van der Waals surface area contributed by atoms with Gasteiger partial charge in [0.2, 0.25) is 10.0 Å². The molecule has 1 aliphatic heterocycles. The third kappa shape index (κ3) is 4.36. The van der Waals surface area contributed by atoms with Gasteiger partial charge in [-0.05, 0) is 33.0 Å². The number of nitrogens with two attached hydrogens (primary N) is 1. The molecular formula is C8H19N3O2S. The van der Waals surface area contributed by atoms with Crippen molar-refractivity contribution in [2.75, 3.05) is 32.4 Å². The van der Waals surface area contributed by atoms with Gasteiger partial charge in [-0.15, -0.1) is 0 Å². The fourth-order valence-corrected chi connectivity index (χ4v) is 2.21. The maximum atomic E-state index is 10.7. The minimum absolute atomic E-state index is 0.0667. The molecule has 0 aromatic rings. The molecular weight excluding hydrogens is 202 g/mol. The monoisotopic (exact) mass is 221 g/mol. The molecule has 0 bridgehead atoms. The Morgan fingerprint density at radius 2 is 2.00 bits per heavy atom. The highest BCUT2D eigenvalue weighted by atomic mass is 32.2. The van der Waals surface area contributed by atoms with E-state index in [1.54, 1.807) is 0 Å². The van der Waals surface area contributed by atoms with E-state index in [1.807, 2.05) is 7.05 Å². The lowest BCUT2D eigenvalue weighted by atomic mass is 10.1. The molecule has 1 rings (SSSR count). The Kier molecular flexibility index (Phi) is 4.31. The summed E-state index contributed by atoms with van der Waals surface area (Å²) in [6.45, 7) is 2.48. The van der Waals surface area contributed by atoms with E-state index in [0.717, 1.165) is 25.9 Å². The Morgan fingerprint density at radius 3 is 2.43 bits per heavy atom. The summed E-state index contributed by atoms with van der Waals surface area (Å²) >= 11 is 0. The van der Waals surface area contributed by atoms with Crippen LogP contribution in [-0.4, -0.2) is 51.8 Å². The molecule has 14 heavy (non-hydrogen) atoms. The topological polar surface area (TPSA) is 75.4 Å². The van der Waals surface area contributed by atoms with Crippen LogP contribution in [0.5, 0.6) is 0 Å². The molecule has 5 nitrogen and oxygen atoms in total. The van der Waals surface area contributed by atoms with Crippen molar-refractivity contribution in [3.05, 3.63) is 0 Å². The summed E-state index contributed by atoms with van der Waals surface area (Å²) in [5.41, 5.74) is 0. The lowest BCUT2D eigenvalue weighted by Gasteiger charge is -2.31. The summed E-state index contributed by atoms with van der Waals surface area (Å²) in [7, 11) is -1.34. The van der Waals surface area contributed by atoms with Gasteiger partial charge in [-0.2, -0.15) is 0 Å². The molecule has 1 fully saturated rings. The van der Waals surface area contributed by atoms with E-state index in [2.05, 4.69) is 10.2 Å². The molecule has 0 saturated carbocycles. The number of likely N-dealkylation sites (tertiary alicyclic amines) is 1. The SMILES string of the molecule is CNC1CCN(CCS(N)(=O)=O)CC1. The van der Waals surface area contributed by atoms with Crippen molar-refractivity contribution in [2.45, 2.75) is 18.9 Å². The van der Waals surface area contributed by atoms with Gasteiger partial charge >= 0.3 is 0 Å². The van der Waals surface area contributed by atoms with Crippen LogP contribution in [0.4, 0.5) is 0 Å². The van der Waals surface area contributed by atoms with Crippen molar-refractivity contribution in [2.24, 2.45) is 5.14 Å². The fraction of sp³-hybridized carbons (Fsp3) is 1.00. The zero-order valence-electron chi connectivity index (χ0n) is 8.57. The van der Waals surface area contributed by atoms with Crippen LogP contribution in [0, 0.1) is 0 Å². The van der Waals surface area contributed by atoms with Gasteiger partial charge in [0.05, 0.1) is 5.75 Å². The molecule has 84 valence electrons. The highest BCUT2D eigenvalue weighted by Crippen LogP contribution is 2.09. The fourth-order valence-electron chi connectivity index (χ4n) is 1.70. The van der Waals surface area contributed by atoms with Crippen molar-refractivity contribution >= 4 is 10.0 Å². The van der Waals surface area contributed by atoms with E-state index in [1.165, 1.54) is 0 Å². The second-order valence-corrected chi connectivity index (χ2v) is 5.51. The number of nitrogens with zero attached hydrogens (tertiary/aromatic N) is 1. The van der Waals surface area contributed by atoms with Crippen molar-refractivity contribution < 1.29 is 8.42 Å². The Labute approximate surface area is 85.7 Å². The Bertz CT molecular complexity index is 258. The van der Waals surface area contributed by atoms with E-state index in [0.29, 0.717) is 12.6 Å². The van der Waals surface area contributed by atoms with Crippen LogP contribution in [0.15, 0.2) is 0 Å². The van der Waals surface area contributed by atoms with Crippen LogP contribution in [-0.2, 0) is 10.0 Å². The zero-order chi connectivity index (χ0) is 10.6. The quantitative estimate of drug-likeness (QED) is 0.636. The summed E-state index contributed by atoms with van der Waals surface area (Å²) in [4.78, 5) is 2.15. The Balaban J connectivity index is 2.23. The van der Waals surface area contributed by atoms with E-state index in [-0.39, 0.29) is 5.75 Å². The van der Waals surface area contributed by atoms with Crippen molar-refractivity contribution in [1.82, 2.24) is 10.2 Å². The minimum atomic E-state index is -3.30. The Hall–Kier alpha value is -0.170. The number of piperidine rings is 1. The van der Waals surface area contributed by atoms with E-state index < -0.39 is 10.0 Å². The molecule has 3 N–H and O–H groups in total. The van der Waals surface area contributed by atoms with Crippen LogP contribution in [0.25, 0.3) is 0 Å². The van der Waals surface area contributed by atoms with Crippen LogP contribution < -0.4 is 10.5 Å². The average Bonchev–Trinajstić information content (AvgIpc) is 2.14. The molecule has 0 spiro atoms. The first-order valence-corrected chi connectivity index (χ1v) is 6.63. The molecule has 0 aromatic heterocycles. The third-order valence-corrected chi connectivity index (χ3v) is 3.44. The molecule has 0 amide bonds.